The number of aromatic nitrogens is 1. The van der Waals surface area contributed by atoms with Gasteiger partial charge in [-0.15, -0.1) is 22.9 Å². The fourth-order valence-electron chi connectivity index (χ4n) is 9.61. The fraction of sp³-hybridized carbons (Fsp3) is 0.431. The van der Waals surface area contributed by atoms with Crippen molar-refractivity contribution in [3.8, 4) is 21.9 Å². The SMILES string of the molecule is Cc1ncsc1-c1ccc(CNC(=O)[C@@H]2C[C@@H](O)CN2C(=O)[C@@H](NC(=O)CCCCCCC(=O)N2CCN(CCOc3ccc(C(=C(CCCl)c4ccccc4)c4ccc(O)cc4)cc3)CC2)C(C)(C)C)cc1. The quantitative estimate of drug-likeness (QED) is 0.0301. The first kappa shape index (κ1) is 54.7. The Hall–Kier alpha value is -6.06. The number of nitrogens with one attached hydrogen (secondary N) is 2. The zero-order chi connectivity index (χ0) is 51.9. The number of phenolic OH excluding ortho intramolecular Hbond substituents is 1. The number of aryl methyl sites for hydroxylation is 1. The molecule has 388 valence electrons. The Bertz CT molecular complexity index is 2630. The summed E-state index contributed by atoms with van der Waals surface area (Å²) in [6.07, 6.45) is 3.60. The van der Waals surface area contributed by atoms with Crippen LogP contribution in [-0.2, 0) is 25.7 Å². The molecule has 2 saturated heterocycles. The predicted molar refractivity (Wildman–Crippen MR) is 290 cm³/mol. The van der Waals surface area contributed by atoms with E-state index in [1.165, 1.54) is 4.90 Å². The number of rotatable bonds is 22. The number of allylic oxidation sites excluding steroid dienone is 1. The van der Waals surface area contributed by atoms with Gasteiger partial charge < -0.3 is 35.4 Å². The van der Waals surface area contributed by atoms with Crippen molar-refractivity contribution in [2.24, 2.45) is 5.41 Å². The minimum atomic E-state index is -0.886. The summed E-state index contributed by atoms with van der Waals surface area (Å²) in [6.45, 7) is 12.1. The number of likely N-dealkylation sites (tertiary alicyclic amines) is 1. The molecule has 73 heavy (non-hydrogen) atoms. The zero-order valence-electron chi connectivity index (χ0n) is 42.7. The molecule has 2 aliphatic rings. The Kier molecular flexibility index (Phi) is 19.7. The van der Waals surface area contributed by atoms with Crippen molar-refractivity contribution >= 4 is 57.7 Å². The molecule has 0 saturated carbocycles. The Morgan fingerprint density at radius 2 is 1.48 bits per heavy atom. The maximum absolute atomic E-state index is 14.1. The molecular formula is C58H71ClN6O7S. The molecule has 7 rings (SSSR count). The van der Waals surface area contributed by atoms with Crippen molar-refractivity contribution in [2.75, 3.05) is 51.8 Å². The minimum Gasteiger partial charge on any atom is -0.508 e. The van der Waals surface area contributed by atoms with Crippen LogP contribution < -0.4 is 15.4 Å². The summed E-state index contributed by atoms with van der Waals surface area (Å²) in [6, 6.07) is 31.8. The largest absolute Gasteiger partial charge is 0.508 e. The number of carbonyl (C=O) groups is 4. The van der Waals surface area contributed by atoms with E-state index in [0.717, 1.165) is 94.2 Å². The number of β-amino-alcohol motifs (C(OH)–C–C–N with tert-alkyl or cyclic N) is 1. The van der Waals surface area contributed by atoms with Gasteiger partial charge >= 0.3 is 0 Å². The van der Waals surface area contributed by atoms with Crippen LogP contribution >= 0.6 is 22.9 Å². The third-order valence-electron chi connectivity index (χ3n) is 13.7. The summed E-state index contributed by atoms with van der Waals surface area (Å²) in [5.74, 6) is 0.637. The number of thiazole rings is 1. The van der Waals surface area contributed by atoms with E-state index in [2.05, 4.69) is 44.8 Å². The molecule has 4 amide bonds. The number of carbonyl (C=O) groups excluding carboxylic acids is 4. The van der Waals surface area contributed by atoms with E-state index in [4.69, 9.17) is 16.3 Å². The van der Waals surface area contributed by atoms with Crippen LogP contribution in [0.1, 0.15) is 100 Å². The van der Waals surface area contributed by atoms with Crippen LogP contribution in [0.2, 0.25) is 0 Å². The lowest BCUT2D eigenvalue weighted by molar-refractivity contribution is -0.144. The summed E-state index contributed by atoms with van der Waals surface area (Å²) in [7, 11) is 0. The number of nitrogens with zero attached hydrogens (tertiary/aromatic N) is 4. The molecule has 0 spiro atoms. The predicted octanol–water partition coefficient (Wildman–Crippen LogP) is 9.08. The highest BCUT2D eigenvalue weighted by Crippen LogP contribution is 2.36. The number of amides is 4. The summed E-state index contributed by atoms with van der Waals surface area (Å²) >= 11 is 7.91. The van der Waals surface area contributed by atoms with Crippen molar-refractivity contribution in [1.82, 2.24) is 30.3 Å². The van der Waals surface area contributed by atoms with Crippen LogP contribution in [0.4, 0.5) is 0 Å². The average molecular weight is 1030 g/mol. The second-order valence-electron chi connectivity index (χ2n) is 20.2. The third kappa shape index (κ3) is 15.3. The minimum absolute atomic E-state index is 0.0138. The Labute approximate surface area is 439 Å². The molecule has 2 aliphatic heterocycles. The molecule has 4 aromatic carbocycles. The van der Waals surface area contributed by atoms with Crippen LogP contribution in [0, 0.1) is 12.3 Å². The second-order valence-corrected chi connectivity index (χ2v) is 21.4. The highest BCUT2D eigenvalue weighted by molar-refractivity contribution is 7.13. The Balaban J connectivity index is 0.789. The van der Waals surface area contributed by atoms with Crippen molar-refractivity contribution in [2.45, 2.75) is 104 Å². The standard InChI is InChI=1S/C58H71ClN6O7S/c1-40-54(73-39-61-40)45-18-16-41(17-19-45)37-60-56(70)50-36-47(67)38-65(50)57(71)55(58(2,3)4)62-51(68)14-10-5-6-11-15-52(69)64-32-30-63(31-33-64)34-35-72-48-26-22-44(23-27-48)53(43-20-24-46(66)25-21-43)49(28-29-59)42-12-8-7-9-13-42/h7-9,12-13,16-27,39,47,50,55,66-67H,5-6,10-11,14-15,28-38H2,1-4H3,(H,60,70)(H,62,68)/t47-,50+,55-/m1/s1. The van der Waals surface area contributed by atoms with Gasteiger partial charge in [0.05, 0.1) is 22.2 Å². The third-order valence-corrected chi connectivity index (χ3v) is 14.9. The van der Waals surface area contributed by atoms with E-state index in [9.17, 15) is 29.4 Å². The van der Waals surface area contributed by atoms with Crippen molar-refractivity contribution in [3.63, 3.8) is 0 Å². The maximum Gasteiger partial charge on any atom is 0.246 e. The summed E-state index contributed by atoms with van der Waals surface area (Å²) in [5.41, 5.74) is 9.42. The molecule has 3 heterocycles. The van der Waals surface area contributed by atoms with Gasteiger partial charge in [-0.3, -0.25) is 24.1 Å². The summed E-state index contributed by atoms with van der Waals surface area (Å²) in [5, 5.41) is 26.5. The Morgan fingerprint density at radius 1 is 0.822 bits per heavy atom. The lowest BCUT2D eigenvalue weighted by atomic mass is 9.85. The highest BCUT2D eigenvalue weighted by Gasteiger charge is 2.44. The first-order valence-electron chi connectivity index (χ1n) is 25.6. The Morgan fingerprint density at radius 3 is 2.11 bits per heavy atom. The molecule has 4 N–H and O–H groups in total. The molecule has 0 aliphatic carbocycles. The van der Waals surface area contributed by atoms with Crippen LogP contribution in [0.3, 0.4) is 0 Å². The number of hydrogen-bond donors (Lipinski definition) is 4. The molecular weight excluding hydrogens is 960 g/mol. The number of piperazine rings is 1. The number of aromatic hydroxyl groups is 1. The van der Waals surface area contributed by atoms with E-state index in [-0.39, 0.29) is 55.3 Å². The van der Waals surface area contributed by atoms with Crippen LogP contribution in [0.25, 0.3) is 21.6 Å². The summed E-state index contributed by atoms with van der Waals surface area (Å²) in [4.78, 5) is 65.0. The van der Waals surface area contributed by atoms with E-state index in [1.54, 1.807) is 23.5 Å². The van der Waals surface area contributed by atoms with Gasteiger partial charge in [-0.2, -0.15) is 0 Å². The number of unbranched alkanes of at least 4 members (excludes halogenated alkanes) is 3. The van der Waals surface area contributed by atoms with Gasteiger partial charge in [0.15, 0.2) is 0 Å². The van der Waals surface area contributed by atoms with Gasteiger partial charge in [0.2, 0.25) is 23.6 Å². The molecule has 5 aromatic rings. The number of halogens is 1. The molecule has 0 unspecified atom stereocenters. The maximum atomic E-state index is 14.1. The molecule has 0 radical (unpaired) electrons. The summed E-state index contributed by atoms with van der Waals surface area (Å²) < 4.78 is 6.19. The number of aliphatic hydroxyl groups is 1. The van der Waals surface area contributed by atoms with Gasteiger partial charge in [0, 0.05) is 71.0 Å². The van der Waals surface area contributed by atoms with Crippen molar-refractivity contribution in [1.29, 1.82) is 0 Å². The molecule has 0 bridgehead atoms. The number of benzene rings is 4. The van der Waals surface area contributed by atoms with E-state index in [0.29, 0.717) is 44.8 Å². The number of alkyl halides is 1. The van der Waals surface area contributed by atoms with Crippen molar-refractivity contribution in [3.05, 3.63) is 137 Å². The van der Waals surface area contributed by atoms with Crippen molar-refractivity contribution < 1.29 is 34.1 Å². The van der Waals surface area contributed by atoms with E-state index >= 15 is 0 Å². The first-order chi connectivity index (χ1) is 35.2. The van der Waals surface area contributed by atoms with Crippen LogP contribution in [-0.4, -0.2) is 123 Å². The second kappa shape index (κ2) is 26.2. The lowest BCUT2D eigenvalue weighted by Gasteiger charge is -2.35. The number of aliphatic hydroxyl groups excluding tert-OH is 1. The molecule has 2 fully saturated rings. The molecule has 1 aromatic heterocycles. The smallest absolute Gasteiger partial charge is 0.246 e. The van der Waals surface area contributed by atoms with Gasteiger partial charge in [-0.1, -0.05) is 112 Å². The van der Waals surface area contributed by atoms with Crippen LogP contribution in [0.5, 0.6) is 11.5 Å². The first-order valence-corrected chi connectivity index (χ1v) is 27.0. The monoisotopic (exact) mass is 1030 g/mol. The fourth-order valence-corrected chi connectivity index (χ4v) is 10.6. The number of hydrogen-bond acceptors (Lipinski definition) is 10. The normalized spacial score (nSPS) is 17.0. The van der Waals surface area contributed by atoms with Gasteiger partial charge in [-0.25, -0.2) is 4.98 Å². The van der Waals surface area contributed by atoms with Crippen LogP contribution in [0.15, 0.2) is 109 Å². The zero-order valence-corrected chi connectivity index (χ0v) is 44.2. The molecule has 3 atom stereocenters. The average Bonchev–Trinajstić information content (AvgIpc) is 4.01. The van der Waals surface area contributed by atoms with E-state index < -0.39 is 23.6 Å². The lowest BCUT2D eigenvalue weighted by Crippen LogP contribution is -2.57. The molecule has 15 heteroatoms. The highest BCUT2D eigenvalue weighted by atomic mass is 35.5. The van der Waals surface area contributed by atoms with Gasteiger partial charge in [0.25, 0.3) is 0 Å². The number of phenols is 1. The van der Waals surface area contributed by atoms with Gasteiger partial charge in [-0.05, 0) is 94.8 Å². The van der Waals surface area contributed by atoms with Gasteiger partial charge in [0.1, 0.15) is 30.2 Å². The number of ether oxygens (including phenoxy) is 1. The van der Waals surface area contributed by atoms with E-state index in [1.807, 2.05) is 105 Å². The molecule has 13 nitrogen and oxygen atoms in total. The topological polar surface area (TPSA) is 165 Å².